The lowest BCUT2D eigenvalue weighted by Gasteiger charge is -2.17. The van der Waals surface area contributed by atoms with Crippen LogP contribution in [-0.4, -0.2) is 29.9 Å². The molecule has 1 amide bonds. The van der Waals surface area contributed by atoms with Gasteiger partial charge in [-0.3, -0.25) is 9.59 Å². The third-order valence-corrected chi connectivity index (χ3v) is 3.93. The first kappa shape index (κ1) is 15.8. The summed E-state index contributed by atoms with van der Waals surface area (Å²) in [6.45, 7) is 0.426. The fraction of sp³-hybridized carbons (Fsp3) is 0.158. The zero-order valence-corrected chi connectivity index (χ0v) is 13.6. The van der Waals surface area contributed by atoms with E-state index in [1.165, 1.54) is 17.2 Å². The molecule has 0 saturated heterocycles. The van der Waals surface area contributed by atoms with Crippen LogP contribution in [0.1, 0.15) is 15.9 Å². The summed E-state index contributed by atoms with van der Waals surface area (Å²) < 4.78 is 5.22. The third-order valence-electron chi connectivity index (χ3n) is 3.93. The van der Waals surface area contributed by atoms with Crippen molar-refractivity contribution in [2.24, 2.45) is 0 Å². The summed E-state index contributed by atoms with van der Waals surface area (Å²) in [5.41, 5.74) is 0.765. The van der Waals surface area contributed by atoms with Crippen molar-refractivity contribution in [3.05, 3.63) is 76.2 Å². The second kappa shape index (κ2) is 6.58. The van der Waals surface area contributed by atoms with Crippen molar-refractivity contribution in [3.8, 4) is 5.75 Å². The number of methoxy groups -OCH3 is 1. The van der Waals surface area contributed by atoms with Crippen LogP contribution in [-0.2, 0) is 6.54 Å². The van der Waals surface area contributed by atoms with Gasteiger partial charge in [-0.15, -0.1) is 0 Å². The number of carbonyl (C=O) groups is 1. The van der Waals surface area contributed by atoms with Gasteiger partial charge in [-0.2, -0.15) is 0 Å². The van der Waals surface area contributed by atoms with Crippen molar-refractivity contribution in [2.75, 3.05) is 14.2 Å². The highest BCUT2D eigenvalue weighted by atomic mass is 16.5. The molecule has 0 radical (unpaired) electrons. The lowest BCUT2D eigenvalue weighted by atomic mass is 10.1. The van der Waals surface area contributed by atoms with Gasteiger partial charge in [-0.05, 0) is 46.7 Å². The Bertz CT molecular complexity index is 946. The molecule has 5 nitrogen and oxygen atoms in total. The molecule has 0 aliphatic heterocycles. The molecule has 0 fully saturated rings. The van der Waals surface area contributed by atoms with Crippen molar-refractivity contribution in [1.29, 1.82) is 0 Å². The molecule has 0 atom stereocenters. The number of amides is 1. The molecular formula is C19H18N2O3. The molecule has 1 N–H and O–H groups in total. The van der Waals surface area contributed by atoms with Crippen molar-refractivity contribution in [1.82, 2.24) is 9.88 Å². The topological polar surface area (TPSA) is 62.4 Å². The van der Waals surface area contributed by atoms with E-state index in [-0.39, 0.29) is 17.0 Å². The minimum atomic E-state index is -0.375. The Morgan fingerprint density at radius 2 is 1.88 bits per heavy atom. The number of aromatic nitrogens is 1. The Morgan fingerprint density at radius 3 is 2.62 bits per heavy atom. The zero-order chi connectivity index (χ0) is 17.1. The van der Waals surface area contributed by atoms with E-state index in [2.05, 4.69) is 4.98 Å². The highest BCUT2D eigenvalue weighted by molar-refractivity contribution is 5.93. The van der Waals surface area contributed by atoms with Gasteiger partial charge in [0, 0.05) is 19.8 Å². The number of carbonyl (C=O) groups excluding carboxylic acids is 1. The van der Waals surface area contributed by atoms with E-state index in [9.17, 15) is 9.59 Å². The molecule has 5 heteroatoms. The summed E-state index contributed by atoms with van der Waals surface area (Å²) in [4.78, 5) is 28.2. The van der Waals surface area contributed by atoms with E-state index in [1.807, 2.05) is 36.4 Å². The molecule has 0 spiro atoms. The van der Waals surface area contributed by atoms with E-state index in [0.29, 0.717) is 6.54 Å². The van der Waals surface area contributed by atoms with Gasteiger partial charge in [0.2, 0.25) is 0 Å². The van der Waals surface area contributed by atoms with E-state index >= 15 is 0 Å². The van der Waals surface area contributed by atoms with Gasteiger partial charge in [0.25, 0.3) is 11.5 Å². The summed E-state index contributed by atoms with van der Waals surface area (Å²) in [6.07, 6.45) is 1.51. The van der Waals surface area contributed by atoms with Crippen LogP contribution in [0.15, 0.2) is 59.5 Å². The van der Waals surface area contributed by atoms with Crippen LogP contribution in [0.5, 0.6) is 5.75 Å². The van der Waals surface area contributed by atoms with Crippen molar-refractivity contribution in [3.63, 3.8) is 0 Å². The lowest BCUT2D eigenvalue weighted by Crippen LogP contribution is -2.31. The first-order valence-electron chi connectivity index (χ1n) is 7.58. The Morgan fingerprint density at radius 1 is 1.12 bits per heavy atom. The predicted molar refractivity (Wildman–Crippen MR) is 93.4 cm³/mol. The molecular weight excluding hydrogens is 304 g/mol. The molecule has 3 rings (SSSR count). The highest BCUT2D eigenvalue weighted by Gasteiger charge is 2.15. The third kappa shape index (κ3) is 3.15. The molecule has 24 heavy (non-hydrogen) atoms. The van der Waals surface area contributed by atoms with Crippen molar-refractivity contribution < 1.29 is 9.53 Å². The zero-order valence-electron chi connectivity index (χ0n) is 13.6. The quantitative estimate of drug-likeness (QED) is 0.803. The Hall–Kier alpha value is -3.08. The number of pyridine rings is 1. The van der Waals surface area contributed by atoms with Crippen molar-refractivity contribution in [2.45, 2.75) is 6.54 Å². The van der Waals surface area contributed by atoms with Crippen LogP contribution >= 0.6 is 0 Å². The van der Waals surface area contributed by atoms with Gasteiger partial charge in [0.1, 0.15) is 11.3 Å². The fourth-order valence-electron chi connectivity index (χ4n) is 2.64. The van der Waals surface area contributed by atoms with Gasteiger partial charge in [-0.25, -0.2) is 0 Å². The van der Waals surface area contributed by atoms with Crippen LogP contribution in [0.25, 0.3) is 10.8 Å². The van der Waals surface area contributed by atoms with Crippen LogP contribution in [0.4, 0.5) is 0 Å². The van der Waals surface area contributed by atoms with Gasteiger partial charge in [0.05, 0.1) is 7.11 Å². The number of hydrogen-bond acceptors (Lipinski definition) is 3. The van der Waals surface area contributed by atoms with E-state index in [4.69, 9.17) is 4.74 Å². The van der Waals surface area contributed by atoms with E-state index in [1.54, 1.807) is 20.2 Å². The molecule has 0 bridgehead atoms. The standard InChI is InChI=1S/C19H18N2O3/c1-21(19(23)17-4-3-9-20-18(17)22)12-13-5-6-15-11-16(24-2)8-7-14(15)10-13/h3-11H,12H2,1-2H3,(H,20,22). The fourth-order valence-corrected chi connectivity index (χ4v) is 2.64. The van der Waals surface area contributed by atoms with Crippen LogP contribution in [0.3, 0.4) is 0 Å². The molecule has 3 aromatic rings. The number of hydrogen-bond donors (Lipinski definition) is 1. The highest BCUT2D eigenvalue weighted by Crippen LogP contribution is 2.22. The average molecular weight is 322 g/mol. The Kier molecular flexibility index (Phi) is 4.33. The normalized spacial score (nSPS) is 10.6. The maximum atomic E-state index is 12.4. The number of nitrogens with zero attached hydrogens (tertiary/aromatic N) is 1. The second-order valence-corrected chi connectivity index (χ2v) is 5.62. The van der Waals surface area contributed by atoms with E-state index < -0.39 is 0 Å². The van der Waals surface area contributed by atoms with Gasteiger partial charge < -0.3 is 14.6 Å². The average Bonchev–Trinajstić information content (AvgIpc) is 2.61. The van der Waals surface area contributed by atoms with Crippen LogP contribution < -0.4 is 10.3 Å². The molecule has 2 aromatic carbocycles. The molecule has 1 heterocycles. The maximum absolute atomic E-state index is 12.4. The molecule has 0 unspecified atom stereocenters. The first-order chi connectivity index (χ1) is 11.6. The second-order valence-electron chi connectivity index (χ2n) is 5.62. The van der Waals surface area contributed by atoms with E-state index in [0.717, 1.165) is 22.1 Å². The molecule has 0 aliphatic rings. The number of ether oxygens (including phenoxy) is 1. The number of nitrogens with one attached hydrogen (secondary N) is 1. The number of H-pyrrole nitrogens is 1. The first-order valence-corrected chi connectivity index (χ1v) is 7.58. The smallest absolute Gasteiger partial charge is 0.260 e. The minimum absolute atomic E-state index is 0.144. The summed E-state index contributed by atoms with van der Waals surface area (Å²) in [6, 6.07) is 15.1. The molecule has 122 valence electrons. The number of aromatic amines is 1. The maximum Gasteiger partial charge on any atom is 0.260 e. The minimum Gasteiger partial charge on any atom is -0.497 e. The number of benzene rings is 2. The monoisotopic (exact) mass is 322 g/mol. The Balaban J connectivity index is 1.82. The molecule has 1 aromatic heterocycles. The number of rotatable bonds is 4. The lowest BCUT2D eigenvalue weighted by molar-refractivity contribution is 0.0783. The van der Waals surface area contributed by atoms with Gasteiger partial charge >= 0.3 is 0 Å². The molecule has 0 saturated carbocycles. The van der Waals surface area contributed by atoms with Crippen LogP contribution in [0, 0.1) is 0 Å². The van der Waals surface area contributed by atoms with Crippen LogP contribution in [0.2, 0.25) is 0 Å². The predicted octanol–water partition coefficient (Wildman–Crippen LogP) is 2.81. The molecule has 0 aliphatic carbocycles. The summed E-state index contributed by atoms with van der Waals surface area (Å²) in [5, 5.41) is 2.15. The Labute approximate surface area is 139 Å². The summed E-state index contributed by atoms with van der Waals surface area (Å²) in [5.74, 6) is 0.512. The van der Waals surface area contributed by atoms with Crippen molar-refractivity contribution >= 4 is 16.7 Å². The summed E-state index contributed by atoms with van der Waals surface area (Å²) in [7, 11) is 3.33. The largest absolute Gasteiger partial charge is 0.497 e. The summed E-state index contributed by atoms with van der Waals surface area (Å²) >= 11 is 0. The van der Waals surface area contributed by atoms with Gasteiger partial charge in [-0.1, -0.05) is 18.2 Å². The SMILES string of the molecule is COc1ccc2cc(CN(C)C(=O)c3ccc[nH]c3=O)ccc2c1. The van der Waals surface area contributed by atoms with Gasteiger partial charge in [0.15, 0.2) is 0 Å². The number of fused-ring (bicyclic) bond motifs is 1.